The molecule has 2 atom stereocenters. The van der Waals surface area contributed by atoms with Gasteiger partial charge >= 0.3 is 0 Å². The van der Waals surface area contributed by atoms with Crippen LogP contribution in [-0.4, -0.2) is 25.8 Å². The zero-order valence-electron chi connectivity index (χ0n) is 12.7. The van der Waals surface area contributed by atoms with Crippen molar-refractivity contribution >= 4 is 15.9 Å². The lowest BCUT2D eigenvalue weighted by atomic mass is 9.64. The first kappa shape index (κ1) is 15.6. The van der Waals surface area contributed by atoms with E-state index in [2.05, 4.69) is 42.0 Å². The van der Waals surface area contributed by atoms with Crippen molar-refractivity contribution in [3.63, 3.8) is 0 Å². The molecule has 0 saturated heterocycles. The van der Waals surface area contributed by atoms with Gasteiger partial charge in [-0.1, -0.05) is 20.8 Å². The van der Waals surface area contributed by atoms with Crippen LogP contribution in [0.3, 0.4) is 0 Å². The lowest BCUT2D eigenvalue weighted by molar-refractivity contribution is -0.0549. The van der Waals surface area contributed by atoms with Crippen LogP contribution in [0, 0.1) is 5.41 Å². The van der Waals surface area contributed by atoms with E-state index in [1.165, 1.54) is 6.42 Å². The van der Waals surface area contributed by atoms with Crippen LogP contribution < -0.4 is 14.8 Å². The van der Waals surface area contributed by atoms with E-state index in [-0.39, 0.29) is 11.5 Å². The van der Waals surface area contributed by atoms with E-state index in [1.54, 1.807) is 7.11 Å². The third-order valence-corrected chi connectivity index (χ3v) is 4.85. The van der Waals surface area contributed by atoms with Crippen molar-refractivity contribution in [1.29, 1.82) is 0 Å². The van der Waals surface area contributed by atoms with E-state index >= 15 is 0 Å². The van der Waals surface area contributed by atoms with Crippen molar-refractivity contribution in [2.75, 3.05) is 13.7 Å². The number of ether oxygens (including phenoxy) is 2. The van der Waals surface area contributed by atoms with Crippen LogP contribution in [0.15, 0.2) is 22.7 Å². The number of hydrogen-bond donors (Lipinski definition) is 1. The molecule has 0 radical (unpaired) electrons. The molecular weight excluding hydrogens is 318 g/mol. The Morgan fingerprint density at radius 2 is 2.15 bits per heavy atom. The SMILES string of the molecule is CCCNC1CC(Oc2ccc(OC)cc2Br)C1(C)C. The number of rotatable bonds is 6. The first-order valence-electron chi connectivity index (χ1n) is 7.22. The summed E-state index contributed by atoms with van der Waals surface area (Å²) in [5, 5.41) is 3.60. The third-order valence-electron chi connectivity index (χ3n) is 4.23. The number of benzene rings is 1. The summed E-state index contributed by atoms with van der Waals surface area (Å²) >= 11 is 3.54. The molecule has 4 heteroatoms. The maximum atomic E-state index is 6.16. The van der Waals surface area contributed by atoms with Gasteiger partial charge in [0.15, 0.2) is 0 Å². The molecule has 2 rings (SSSR count). The molecule has 1 N–H and O–H groups in total. The largest absolute Gasteiger partial charge is 0.497 e. The molecule has 0 amide bonds. The molecule has 0 heterocycles. The minimum absolute atomic E-state index is 0.161. The summed E-state index contributed by atoms with van der Waals surface area (Å²) in [7, 11) is 1.67. The van der Waals surface area contributed by atoms with Gasteiger partial charge in [0.2, 0.25) is 0 Å². The fourth-order valence-electron chi connectivity index (χ4n) is 2.61. The van der Waals surface area contributed by atoms with Crippen molar-refractivity contribution in [1.82, 2.24) is 5.32 Å². The Morgan fingerprint density at radius 1 is 1.40 bits per heavy atom. The van der Waals surface area contributed by atoms with Crippen LogP contribution in [0.1, 0.15) is 33.6 Å². The Labute approximate surface area is 130 Å². The van der Waals surface area contributed by atoms with E-state index < -0.39 is 0 Å². The second kappa shape index (κ2) is 6.35. The van der Waals surface area contributed by atoms with Crippen LogP contribution in [0.25, 0.3) is 0 Å². The van der Waals surface area contributed by atoms with Crippen molar-refractivity contribution in [2.24, 2.45) is 5.41 Å². The van der Waals surface area contributed by atoms with Gasteiger partial charge in [0.1, 0.15) is 17.6 Å². The summed E-state index contributed by atoms with van der Waals surface area (Å²) in [6.45, 7) is 7.81. The quantitative estimate of drug-likeness (QED) is 0.848. The van der Waals surface area contributed by atoms with Gasteiger partial charge in [-0.25, -0.2) is 0 Å². The topological polar surface area (TPSA) is 30.5 Å². The molecule has 0 bridgehead atoms. The van der Waals surface area contributed by atoms with Gasteiger partial charge in [0.25, 0.3) is 0 Å². The summed E-state index contributed by atoms with van der Waals surface area (Å²) in [4.78, 5) is 0. The molecule has 0 aromatic heterocycles. The highest BCUT2D eigenvalue weighted by atomic mass is 79.9. The molecule has 1 fully saturated rings. The van der Waals surface area contributed by atoms with Crippen molar-refractivity contribution in [2.45, 2.75) is 45.8 Å². The molecule has 3 nitrogen and oxygen atoms in total. The third kappa shape index (κ3) is 3.12. The van der Waals surface area contributed by atoms with Crippen molar-refractivity contribution < 1.29 is 9.47 Å². The molecule has 112 valence electrons. The molecule has 0 aliphatic heterocycles. The van der Waals surface area contributed by atoms with Crippen LogP contribution in [0.4, 0.5) is 0 Å². The first-order chi connectivity index (χ1) is 9.48. The second-order valence-corrected chi connectivity index (χ2v) is 6.82. The predicted molar refractivity (Wildman–Crippen MR) is 85.6 cm³/mol. The van der Waals surface area contributed by atoms with E-state index in [0.717, 1.165) is 28.9 Å². The highest BCUT2D eigenvalue weighted by molar-refractivity contribution is 9.10. The van der Waals surface area contributed by atoms with Crippen LogP contribution in [0.5, 0.6) is 11.5 Å². The Hall–Kier alpha value is -0.740. The average molecular weight is 342 g/mol. The van der Waals surface area contributed by atoms with Gasteiger partial charge < -0.3 is 14.8 Å². The summed E-state index contributed by atoms with van der Waals surface area (Å²) in [6, 6.07) is 6.38. The molecule has 1 aliphatic rings. The summed E-state index contributed by atoms with van der Waals surface area (Å²) in [5.41, 5.74) is 0.161. The minimum Gasteiger partial charge on any atom is -0.497 e. The van der Waals surface area contributed by atoms with Crippen LogP contribution >= 0.6 is 15.9 Å². The molecule has 20 heavy (non-hydrogen) atoms. The lowest BCUT2D eigenvalue weighted by Gasteiger charge is -2.51. The maximum Gasteiger partial charge on any atom is 0.134 e. The molecule has 1 aromatic rings. The monoisotopic (exact) mass is 341 g/mol. The van der Waals surface area contributed by atoms with Gasteiger partial charge in [0.05, 0.1) is 11.6 Å². The smallest absolute Gasteiger partial charge is 0.134 e. The van der Waals surface area contributed by atoms with Gasteiger partial charge in [-0.15, -0.1) is 0 Å². The van der Waals surface area contributed by atoms with Gasteiger partial charge in [-0.3, -0.25) is 0 Å². The number of methoxy groups -OCH3 is 1. The van der Waals surface area contributed by atoms with Gasteiger partial charge in [-0.2, -0.15) is 0 Å². The number of hydrogen-bond acceptors (Lipinski definition) is 3. The van der Waals surface area contributed by atoms with Gasteiger partial charge in [0, 0.05) is 17.9 Å². The average Bonchev–Trinajstić information content (AvgIpc) is 2.43. The number of nitrogens with one attached hydrogen (secondary N) is 1. The van der Waals surface area contributed by atoms with Crippen LogP contribution in [-0.2, 0) is 0 Å². The highest BCUT2D eigenvalue weighted by Crippen LogP contribution is 2.44. The van der Waals surface area contributed by atoms with Crippen molar-refractivity contribution in [3.8, 4) is 11.5 Å². The van der Waals surface area contributed by atoms with E-state index in [9.17, 15) is 0 Å². The first-order valence-corrected chi connectivity index (χ1v) is 8.02. The summed E-state index contributed by atoms with van der Waals surface area (Å²) in [5.74, 6) is 1.72. The van der Waals surface area contributed by atoms with E-state index in [0.29, 0.717) is 6.04 Å². The van der Waals surface area contributed by atoms with Crippen LogP contribution in [0.2, 0.25) is 0 Å². The summed E-state index contributed by atoms with van der Waals surface area (Å²) in [6.07, 6.45) is 2.48. The van der Waals surface area contributed by atoms with Gasteiger partial charge in [-0.05, 0) is 47.1 Å². The zero-order valence-corrected chi connectivity index (χ0v) is 14.3. The predicted octanol–water partition coefficient (Wildman–Crippen LogP) is 4.00. The molecule has 1 aliphatic carbocycles. The normalized spacial score (nSPS) is 24.1. The fourth-order valence-corrected chi connectivity index (χ4v) is 3.06. The molecule has 2 unspecified atom stereocenters. The molecule has 1 saturated carbocycles. The fraction of sp³-hybridized carbons (Fsp3) is 0.625. The Bertz CT molecular complexity index is 462. The zero-order chi connectivity index (χ0) is 14.8. The Kier molecular flexibility index (Phi) is 4.97. The van der Waals surface area contributed by atoms with E-state index in [4.69, 9.17) is 9.47 Å². The second-order valence-electron chi connectivity index (χ2n) is 5.97. The standard InChI is InChI=1S/C16H24BrNO2/c1-5-8-18-14-10-15(16(14,2)3)20-13-7-6-11(19-4)9-12(13)17/h6-7,9,14-15,18H,5,8,10H2,1-4H3. The maximum absolute atomic E-state index is 6.16. The molecule has 1 aromatic carbocycles. The Morgan fingerprint density at radius 3 is 2.70 bits per heavy atom. The minimum atomic E-state index is 0.161. The highest BCUT2D eigenvalue weighted by Gasteiger charge is 2.49. The van der Waals surface area contributed by atoms with Crippen molar-refractivity contribution in [3.05, 3.63) is 22.7 Å². The molecule has 0 spiro atoms. The van der Waals surface area contributed by atoms with E-state index in [1.807, 2.05) is 18.2 Å². The summed E-state index contributed by atoms with van der Waals surface area (Å²) < 4.78 is 12.3. The Balaban J connectivity index is 1.98. The lowest BCUT2D eigenvalue weighted by Crippen LogP contribution is -2.62. The number of halogens is 1. The molecular formula is C16H24BrNO2.